The van der Waals surface area contributed by atoms with Crippen LogP contribution in [0.3, 0.4) is 0 Å². The Hall–Kier alpha value is -3.20. The molecule has 1 amide bonds. The molecule has 0 atom stereocenters. The molecule has 5 nitrogen and oxygen atoms in total. The van der Waals surface area contributed by atoms with Crippen LogP contribution in [0, 0.1) is 6.92 Å². The first-order chi connectivity index (χ1) is 15.2. The van der Waals surface area contributed by atoms with Crippen molar-refractivity contribution in [2.75, 3.05) is 12.4 Å². The number of nitrogens with zero attached hydrogens (tertiary/aromatic N) is 1. The molecule has 1 N–H and O–H groups in total. The molecule has 0 unspecified atom stereocenters. The summed E-state index contributed by atoms with van der Waals surface area (Å²) in [7, 11) is 1.37. The molecule has 0 saturated carbocycles. The minimum atomic E-state index is -4.45. The summed E-state index contributed by atoms with van der Waals surface area (Å²) >= 11 is 1.51. The molecule has 1 aromatic heterocycles. The average Bonchev–Trinajstić information content (AvgIpc) is 2.74. The van der Waals surface area contributed by atoms with Gasteiger partial charge in [-0.05, 0) is 43.3 Å². The number of aryl methyl sites for hydroxylation is 1. The highest BCUT2D eigenvalue weighted by molar-refractivity contribution is 7.98. The van der Waals surface area contributed by atoms with Gasteiger partial charge in [0, 0.05) is 28.1 Å². The van der Waals surface area contributed by atoms with Crippen LogP contribution in [0.2, 0.25) is 0 Å². The lowest BCUT2D eigenvalue weighted by Gasteiger charge is -2.15. The Morgan fingerprint density at radius 1 is 1.09 bits per heavy atom. The van der Waals surface area contributed by atoms with E-state index in [-0.39, 0.29) is 23.4 Å². The molecular weight excluding hydrogens is 441 g/mol. The second-order valence-electron chi connectivity index (χ2n) is 7.05. The van der Waals surface area contributed by atoms with Crippen LogP contribution in [0.25, 0.3) is 0 Å². The maximum Gasteiger partial charge on any atom is 0.416 e. The molecule has 32 heavy (non-hydrogen) atoms. The van der Waals surface area contributed by atoms with Gasteiger partial charge in [-0.15, -0.1) is 11.8 Å². The van der Waals surface area contributed by atoms with E-state index >= 15 is 0 Å². The summed E-state index contributed by atoms with van der Waals surface area (Å²) < 4.78 is 44.8. The van der Waals surface area contributed by atoms with Crippen LogP contribution >= 0.6 is 11.8 Å². The Morgan fingerprint density at radius 2 is 1.75 bits per heavy atom. The third kappa shape index (κ3) is 6.16. The fourth-order valence-corrected chi connectivity index (χ4v) is 3.80. The van der Waals surface area contributed by atoms with Gasteiger partial charge in [-0.2, -0.15) is 13.2 Å². The highest BCUT2D eigenvalue weighted by Gasteiger charge is 2.30. The summed E-state index contributed by atoms with van der Waals surface area (Å²) in [5, 5.41) is 2.58. The van der Waals surface area contributed by atoms with Crippen molar-refractivity contribution >= 4 is 23.4 Å². The number of ether oxygens (including phenoxy) is 1. The third-order valence-corrected chi connectivity index (χ3v) is 5.67. The molecule has 0 aliphatic carbocycles. The SMILES string of the molecule is COc1cn(CC(=O)Nc2ccc(C(F)(F)F)cc2)c(CSc2ccc(C)cc2)cc1=O. The lowest BCUT2D eigenvalue weighted by atomic mass is 10.2. The van der Waals surface area contributed by atoms with Gasteiger partial charge in [-0.3, -0.25) is 9.59 Å². The first kappa shape index (κ1) is 23.5. The average molecular weight is 462 g/mol. The largest absolute Gasteiger partial charge is 0.491 e. The number of carbonyl (C=O) groups is 1. The Kier molecular flexibility index (Phi) is 7.29. The fourth-order valence-electron chi connectivity index (χ4n) is 2.91. The quantitative estimate of drug-likeness (QED) is 0.496. The molecule has 0 aliphatic heterocycles. The number of carbonyl (C=O) groups excluding carboxylic acids is 1. The van der Waals surface area contributed by atoms with Crippen molar-refractivity contribution in [3.05, 3.63) is 87.8 Å². The smallest absolute Gasteiger partial charge is 0.416 e. The van der Waals surface area contributed by atoms with E-state index in [1.54, 1.807) is 4.57 Å². The topological polar surface area (TPSA) is 60.3 Å². The van der Waals surface area contributed by atoms with Gasteiger partial charge in [0.05, 0.1) is 18.9 Å². The number of hydrogen-bond donors (Lipinski definition) is 1. The van der Waals surface area contributed by atoms with Crippen LogP contribution in [-0.4, -0.2) is 17.6 Å². The third-order valence-electron chi connectivity index (χ3n) is 4.62. The van der Waals surface area contributed by atoms with E-state index in [9.17, 15) is 22.8 Å². The number of nitrogens with one attached hydrogen (secondary N) is 1. The van der Waals surface area contributed by atoms with Crippen molar-refractivity contribution < 1.29 is 22.7 Å². The van der Waals surface area contributed by atoms with E-state index in [1.807, 2.05) is 31.2 Å². The van der Waals surface area contributed by atoms with Gasteiger partial charge >= 0.3 is 6.18 Å². The summed E-state index contributed by atoms with van der Waals surface area (Å²) in [5.74, 6) is 0.0871. The molecule has 1 heterocycles. The normalized spacial score (nSPS) is 11.3. The van der Waals surface area contributed by atoms with Gasteiger partial charge < -0.3 is 14.6 Å². The maximum atomic E-state index is 12.7. The molecule has 0 bridgehead atoms. The van der Waals surface area contributed by atoms with Gasteiger partial charge in [-0.25, -0.2) is 0 Å². The maximum absolute atomic E-state index is 12.7. The molecule has 168 valence electrons. The van der Waals surface area contributed by atoms with Crippen molar-refractivity contribution in [2.24, 2.45) is 0 Å². The van der Waals surface area contributed by atoms with Crippen molar-refractivity contribution in [1.29, 1.82) is 0 Å². The van der Waals surface area contributed by atoms with E-state index in [2.05, 4.69) is 5.32 Å². The Morgan fingerprint density at radius 3 is 2.34 bits per heavy atom. The first-order valence-corrected chi connectivity index (χ1v) is 10.6. The standard InChI is InChI=1S/C23H21F3N2O3S/c1-15-3-9-19(10-4-15)32-14-18-11-20(29)21(31-2)12-28(18)13-22(30)27-17-7-5-16(6-8-17)23(24,25)26/h3-12H,13-14H2,1-2H3,(H,27,30). The number of benzene rings is 2. The monoisotopic (exact) mass is 462 g/mol. The second-order valence-corrected chi connectivity index (χ2v) is 8.10. The number of amides is 1. The molecule has 3 rings (SSSR count). The number of halogens is 3. The molecule has 0 radical (unpaired) electrons. The molecular formula is C23H21F3N2O3S. The summed E-state index contributed by atoms with van der Waals surface area (Å²) in [6.07, 6.45) is -2.99. The van der Waals surface area contributed by atoms with Crippen LogP contribution in [0.1, 0.15) is 16.8 Å². The van der Waals surface area contributed by atoms with E-state index in [0.717, 1.165) is 22.6 Å². The second kappa shape index (κ2) is 9.95. The zero-order valence-electron chi connectivity index (χ0n) is 17.4. The Labute approximate surface area is 187 Å². The Bertz CT molecular complexity index is 1140. The molecule has 0 aliphatic rings. The molecule has 0 saturated heterocycles. The van der Waals surface area contributed by atoms with Crippen LogP contribution in [0.15, 0.2) is 70.5 Å². The van der Waals surface area contributed by atoms with E-state index in [0.29, 0.717) is 11.4 Å². The summed E-state index contributed by atoms with van der Waals surface area (Å²) in [6, 6.07) is 13.5. The molecule has 0 fully saturated rings. The number of pyridine rings is 1. The van der Waals surface area contributed by atoms with Gasteiger partial charge in [0.1, 0.15) is 6.54 Å². The minimum absolute atomic E-state index is 0.0939. The van der Waals surface area contributed by atoms with Crippen molar-refractivity contribution in [1.82, 2.24) is 4.57 Å². The van der Waals surface area contributed by atoms with Crippen LogP contribution in [-0.2, 0) is 23.3 Å². The molecule has 3 aromatic rings. The first-order valence-electron chi connectivity index (χ1n) is 9.59. The zero-order chi connectivity index (χ0) is 23.3. The summed E-state index contributed by atoms with van der Waals surface area (Å²) in [6.45, 7) is 1.85. The van der Waals surface area contributed by atoms with Crippen molar-refractivity contribution in [3.8, 4) is 5.75 Å². The molecule has 9 heteroatoms. The number of aromatic nitrogens is 1. The molecule has 2 aromatic carbocycles. The summed E-state index contributed by atoms with van der Waals surface area (Å²) in [5.41, 5.74) is 0.897. The lowest BCUT2D eigenvalue weighted by Crippen LogP contribution is -2.22. The number of methoxy groups -OCH3 is 1. The highest BCUT2D eigenvalue weighted by atomic mass is 32.2. The van der Waals surface area contributed by atoms with Crippen molar-refractivity contribution in [2.45, 2.75) is 30.3 Å². The number of hydrogen-bond acceptors (Lipinski definition) is 4. The molecule has 0 spiro atoms. The lowest BCUT2D eigenvalue weighted by molar-refractivity contribution is -0.137. The number of alkyl halides is 3. The number of rotatable bonds is 7. The van der Waals surface area contributed by atoms with Gasteiger partial charge in [0.2, 0.25) is 11.3 Å². The Balaban J connectivity index is 1.75. The highest BCUT2D eigenvalue weighted by Crippen LogP contribution is 2.30. The predicted molar refractivity (Wildman–Crippen MR) is 118 cm³/mol. The van der Waals surface area contributed by atoms with Crippen LogP contribution in [0.5, 0.6) is 5.75 Å². The van der Waals surface area contributed by atoms with Crippen LogP contribution in [0.4, 0.5) is 18.9 Å². The number of anilines is 1. The minimum Gasteiger partial charge on any atom is -0.491 e. The van der Waals surface area contributed by atoms with E-state index < -0.39 is 17.6 Å². The summed E-state index contributed by atoms with van der Waals surface area (Å²) in [4.78, 5) is 25.8. The van der Waals surface area contributed by atoms with E-state index in [4.69, 9.17) is 4.74 Å². The van der Waals surface area contributed by atoms with Gasteiger partial charge in [-0.1, -0.05) is 17.7 Å². The van der Waals surface area contributed by atoms with Gasteiger partial charge in [0.25, 0.3) is 0 Å². The number of thioether (sulfide) groups is 1. The predicted octanol–water partition coefficient (Wildman–Crippen LogP) is 5.12. The van der Waals surface area contributed by atoms with Crippen LogP contribution < -0.4 is 15.5 Å². The fraction of sp³-hybridized carbons (Fsp3) is 0.217. The van der Waals surface area contributed by atoms with E-state index in [1.165, 1.54) is 43.3 Å². The van der Waals surface area contributed by atoms with Gasteiger partial charge in [0.15, 0.2) is 5.75 Å². The zero-order valence-corrected chi connectivity index (χ0v) is 18.2. The van der Waals surface area contributed by atoms with Crippen molar-refractivity contribution in [3.63, 3.8) is 0 Å².